The molecule has 1 aliphatic rings. The van der Waals surface area contributed by atoms with Gasteiger partial charge in [-0.25, -0.2) is 0 Å². The number of carbonyl (C=O) groups is 1. The van der Waals surface area contributed by atoms with Gasteiger partial charge in [-0.1, -0.05) is 6.07 Å². The largest absolute Gasteiger partial charge is 0.348 e. The van der Waals surface area contributed by atoms with Crippen molar-refractivity contribution in [3.63, 3.8) is 0 Å². The second kappa shape index (κ2) is 3.86. The molecule has 1 fully saturated rings. The van der Waals surface area contributed by atoms with Crippen LogP contribution in [0.4, 0.5) is 0 Å². The van der Waals surface area contributed by atoms with E-state index in [1.54, 1.807) is 0 Å². The van der Waals surface area contributed by atoms with Crippen molar-refractivity contribution in [3.05, 3.63) is 33.4 Å². The first-order valence-corrected chi connectivity index (χ1v) is 5.57. The van der Waals surface area contributed by atoms with Gasteiger partial charge in [-0.2, -0.15) is 0 Å². The first kappa shape index (κ1) is 9.92. The maximum atomic E-state index is 11.6. The van der Waals surface area contributed by atoms with E-state index in [9.17, 15) is 4.79 Å². The van der Waals surface area contributed by atoms with Crippen molar-refractivity contribution in [2.24, 2.45) is 5.73 Å². The number of nitrogens with two attached hydrogens (primary N) is 1. The number of hydrogen-bond acceptors (Lipinski definition) is 2. The van der Waals surface area contributed by atoms with Crippen molar-refractivity contribution in [1.29, 1.82) is 0 Å². The summed E-state index contributed by atoms with van der Waals surface area (Å²) in [6, 6.07) is 7.85. The average molecular weight is 302 g/mol. The fourth-order valence-electron chi connectivity index (χ4n) is 1.26. The zero-order valence-corrected chi connectivity index (χ0v) is 9.69. The van der Waals surface area contributed by atoms with Gasteiger partial charge in [0, 0.05) is 21.2 Å². The molecule has 2 atom stereocenters. The predicted molar refractivity (Wildman–Crippen MR) is 63.0 cm³/mol. The summed E-state index contributed by atoms with van der Waals surface area (Å²) in [4.78, 5) is 11.6. The molecule has 4 heteroatoms. The Bertz CT molecular complexity index is 367. The molecular formula is C10H11IN2O. The molecular weight excluding hydrogens is 291 g/mol. The van der Waals surface area contributed by atoms with Crippen molar-refractivity contribution < 1.29 is 4.79 Å². The summed E-state index contributed by atoms with van der Waals surface area (Å²) in [7, 11) is 0. The van der Waals surface area contributed by atoms with E-state index in [-0.39, 0.29) is 18.0 Å². The number of hydrogen-bond donors (Lipinski definition) is 2. The molecule has 2 unspecified atom stereocenters. The molecule has 0 radical (unpaired) electrons. The summed E-state index contributed by atoms with van der Waals surface area (Å²) in [5.74, 6) is -0.0264. The first-order valence-electron chi connectivity index (χ1n) is 4.49. The highest BCUT2D eigenvalue weighted by Gasteiger charge is 2.34. The first-order chi connectivity index (χ1) is 6.66. The van der Waals surface area contributed by atoms with Crippen LogP contribution in [0, 0.1) is 3.57 Å². The van der Waals surface area contributed by atoms with Gasteiger partial charge in [0.2, 0.25) is 0 Å². The molecule has 1 aromatic carbocycles. The summed E-state index contributed by atoms with van der Waals surface area (Å²) in [6.45, 7) is 0. The van der Waals surface area contributed by atoms with Crippen molar-refractivity contribution in [3.8, 4) is 0 Å². The lowest BCUT2D eigenvalue weighted by molar-refractivity contribution is 0.0950. The van der Waals surface area contributed by atoms with Gasteiger partial charge in [-0.05, 0) is 47.2 Å². The second-order valence-corrected chi connectivity index (χ2v) is 4.74. The minimum Gasteiger partial charge on any atom is -0.348 e. The molecule has 0 saturated heterocycles. The Balaban J connectivity index is 2.03. The van der Waals surface area contributed by atoms with Crippen LogP contribution >= 0.6 is 22.6 Å². The Morgan fingerprint density at radius 2 is 2.29 bits per heavy atom. The fourth-order valence-corrected chi connectivity index (χ4v) is 1.81. The number of rotatable bonds is 2. The molecule has 1 saturated carbocycles. The minimum atomic E-state index is -0.0264. The third-order valence-electron chi connectivity index (χ3n) is 2.24. The normalized spacial score (nSPS) is 24.4. The number of nitrogens with one attached hydrogen (secondary N) is 1. The zero-order valence-electron chi connectivity index (χ0n) is 7.53. The van der Waals surface area contributed by atoms with Crippen molar-refractivity contribution >= 4 is 28.5 Å². The molecule has 0 aliphatic heterocycles. The Labute approximate surface area is 96.2 Å². The van der Waals surface area contributed by atoms with Gasteiger partial charge in [-0.15, -0.1) is 0 Å². The SMILES string of the molecule is NC1CC1NC(=O)c1cccc(I)c1. The molecule has 0 heterocycles. The summed E-state index contributed by atoms with van der Waals surface area (Å²) in [5, 5.41) is 2.88. The summed E-state index contributed by atoms with van der Waals surface area (Å²) in [6.07, 6.45) is 0.898. The maximum absolute atomic E-state index is 11.6. The molecule has 0 spiro atoms. The topological polar surface area (TPSA) is 55.1 Å². The Hall–Kier alpha value is -0.620. The Morgan fingerprint density at radius 3 is 2.86 bits per heavy atom. The average Bonchev–Trinajstić information content (AvgIpc) is 2.81. The maximum Gasteiger partial charge on any atom is 0.251 e. The van der Waals surface area contributed by atoms with Gasteiger partial charge in [-0.3, -0.25) is 4.79 Å². The van der Waals surface area contributed by atoms with E-state index in [4.69, 9.17) is 5.73 Å². The van der Waals surface area contributed by atoms with E-state index in [0.29, 0.717) is 5.56 Å². The van der Waals surface area contributed by atoms with Gasteiger partial charge in [0.15, 0.2) is 0 Å². The number of carbonyl (C=O) groups excluding carboxylic acids is 1. The monoisotopic (exact) mass is 302 g/mol. The molecule has 0 aromatic heterocycles. The van der Waals surface area contributed by atoms with E-state index in [2.05, 4.69) is 27.9 Å². The third-order valence-corrected chi connectivity index (χ3v) is 2.91. The lowest BCUT2D eigenvalue weighted by Gasteiger charge is -2.03. The Kier molecular flexibility index (Phi) is 2.73. The highest BCUT2D eigenvalue weighted by molar-refractivity contribution is 14.1. The molecule has 2 rings (SSSR count). The lowest BCUT2D eigenvalue weighted by Crippen LogP contribution is -2.29. The van der Waals surface area contributed by atoms with E-state index < -0.39 is 0 Å². The van der Waals surface area contributed by atoms with E-state index in [1.165, 1.54) is 0 Å². The van der Waals surface area contributed by atoms with Crippen LogP contribution in [-0.2, 0) is 0 Å². The van der Waals surface area contributed by atoms with Gasteiger partial charge in [0.05, 0.1) is 0 Å². The van der Waals surface area contributed by atoms with Gasteiger partial charge in [0.1, 0.15) is 0 Å². The minimum absolute atomic E-state index is 0.0264. The van der Waals surface area contributed by atoms with Crippen LogP contribution in [-0.4, -0.2) is 18.0 Å². The van der Waals surface area contributed by atoms with E-state index in [1.807, 2.05) is 24.3 Å². The zero-order chi connectivity index (χ0) is 10.1. The molecule has 1 aliphatic carbocycles. The van der Waals surface area contributed by atoms with E-state index in [0.717, 1.165) is 9.99 Å². The lowest BCUT2D eigenvalue weighted by atomic mass is 10.2. The van der Waals surface area contributed by atoms with Crippen molar-refractivity contribution in [2.75, 3.05) is 0 Å². The molecule has 74 valence electrons. The number of amides is 1. The van der Waals surface area contributed by atoms with Crippen LogP contribution in [0.1, 0.15) is 16.8 Å². The summed E-state index contributed by atoms with van der Waals surface area (Å²) < 4.78 is 1.07. The second-order valence-electron chi connectivity index (χ2n) is 3.49. The molecule has 1 amide bonds. The van der Waals surface area contributed by atoms with Gasteiger partial charge < -0.3 is 11.1 Å². The quantitative estimate of drug-likeness (QED) is 0.805. The molecule has 3 N–H and O–H groups in total. The third kappa shape index (κ3) is 2.24. The molecule has 3 nitrogen and oxygen atoms in total. The van der Waals surface area contributed by atoms with Crippen LogP contribution in [0.25, 0.3) is 0 Å². The van der Waals surface area contributed by atoms with E-state index >= 15 is 0 Å². The van der Waals surface area contributed by atoms with Crippen LogP contribution in [0.15, 0.2) is 24.3 Å². The predicted octanol–water partition coefficient (Wildman–Crippen LogP) is 1.12. The van der Waals surface area contributed by atoms with Gasteiger partial charge >= 0.3 is 0 Å². The highest BCUT2D eigenvalue weighted by atomic mass is 127. The molecule has 1 aromatic rings. The van der Waals surface area contributed by atoms with Crippen LogP contribution < -0.4 is 11.1 Å². The van der Waals surface area contributed by atoms with Crippen molar-refractivity contribution in [2.45, 2.75) is 18.5 Å². The van der Waals surface area contributed by atoms with Crippen LogP contribution in [0.3, 0.4) is 0 Å². The van der Waals surface area contributed by atoms with Gasteiger partial charge in [0.25, 0.3) is 5.91 Å². The smallest absolute Gasteiger partial charge is 0.251 e. The van der Waals surface area contributed by atoms with Crippen LogP contribution in [0.2, 0.25) is 0 Å². The standard InChI is InChI=1S/C10H11IN2O/c11-7-3-1-2-6(4-7)10(14)13-9-5-8(9)12/h1-4,8-9H,5,12H2,(H,13,14). The molecule has 0 bridgehead atoms. The molecule has 14 heavy (non-hydrogen) atoms. The summed E-state index contributed by atoms with van der Waals surface area (Å²) >= 11 is 2.19. The fraction of sp³-hybridized carbons (Fsp3) is 0.300. The highest BCUT2D eigenvalue weighted by Crippen LogP contribution is 2.18. The Morgan fingerprint density at radius 1 is 1.57 bits per heavy atom. The number of benzene rings is 1. The number of halogens is 1. The van der Waals surface area contributed by atoms with Crippen LogP contribution in [0.5, 0.6) is 0 Å². The van der Waals surface area contributed by atoms with Crippen molar-refractivity contribution in [1.82, 2.24) is 5.32 Å². The summed E-state index contributed by atoms with van der Waals surface area (Å²) in [5.41, 5.74) is 6.31.